The van der Waals surface area contributed by atoms with Crippen molar-refractivity contribution in [3.05, 3.63) is 6.92 Å². The van der Waals surface area contributed by atoms with Crippen LogP contribution in [0.3, 0.4) is 0 Å². The first-order chi connectivity index (χ1) is 3.27. The van der Waals surface area contributed by atoms with E-state index < -0.39 is 0 Å². The molecule has 0 fully saturated rings. The van der Waals surface area contributed by atoms with Gasteiger partial charge in [-0.25, -0.2) is 0 Å². The molecule has 0 saturated carbocycles. The third-order valence-electron chi connectivity index (χ3n) is 0.585. The third-order valence-corrected chi connectivity index (χ3v) is 0.585. The van der Waals surface area contributed by atoms with Crippen LogP contribution in [0.2, 0.25) is 0 Å². The first kappa shape index (κ1) is 11.4. The SMILES string of the molecule is [CH2-]C(=O)CCOC.[Y+3]. The molecule has 8 heavy (non-hydrogen) atoms. The van der Waals surface area contributed by atoms with Gasteiger partial charge in [-0.05, 0) is 5.78 Å². The van der Waals surface area contributed by atoms with Crippen molar-refractivity contribution in [3.8, 4) is 0 Å². The number of rotatable bonds is 3. The molecule has 0 amide bonds. The molecule has 0 spiro atoms. The Hall–Kier alpha value is 0.604. The minimum Gasteiger partial charge on any atom is -0.384 e. The molecular weight excluding hydrogens is 181 g/mol. The molecule has 0 N–H and O–H groups in total. The summed E-state index contributed by atoms with van der Waals surface area (Å²) >= 11 is 0. The summed E-state index contributed by atoms with van der Waals surface area (Å²) in [5.74, 6) is -0.0677. The van der Waals surface area contributed by atoms with Gasteiger partial charge in [-0.15, -0.1) is 0 Å². The molecule has 0 aromatic rings. The van der Waals surface area contributed by atoms with E-state index in [1.165, 1.54) is 0 Å². The van der Waals surface area contributed by atoms with Crippen LogP contribution in [-0.2, 0) is 42.2 Å². The number of carbonyl (C=O) groups excluding carboxylic acids is 1. The number of ketones is 1. The molecular formula is C5H9O2Y+2. The summed E-state index contributed by atoms with van der Waals surface area (Å²) in [6.45, 7) is 3.65. The van der Waals surface area contributed by atoms with Gasteiger partial charge in [0.1, 0.15) is 0 Å². The Morgan fingerprint density at radius 1 is 1.75 bits per heavy atom. The molecule has 0 atom stereocenters. The van der Waals surface area contributed by atoms with Gasteiger partial charge in [-0.1, -0.05) is 0 Å². The Labute approximate surface area is 74.9 Å². The first-order valence-corrected chi connectivity index (χ1v) is 2.11. The fraction of sp³-hybridized carbons (Fsp3) is 0.600. The summed E-state index contributed by atoms with van der Waals surface area (Å²) in [6, 6.07) is 0. The van der Waals surface area contributed by atoms with E-state index in [4.69, 9.17) is 0 Å². The minimum atomic E-state index is -0.0677. The zero-order valence-electron chi connectivity index (χ0n) is 5.02. The Morgan fingerprint density at radius 3 is 2.38 bits per heavy atom. The van der Waals surface area contributed by atoms with Crippen LogP contribution in [0.15, 0.2) is 0 Å². The van der Waals surface area contributed by atoms with Crippen molar-refractivity contribution in [3.63, 3.8) is 0 Å². The first-order valence-electron chi connectivity index (χ1n) is 2.11. The van der Waals surface area contributed by atoms with Gasteiger partial charge >= 0.3 is 32.7 Å². The van der Waals surface area contributed by atoms with Crippen LogP contribution in [0.4, 0.5) is 0 Å². The molecule has 0 aliphatic carbocycles. The molecule has 3 heteroatoms. The van der Waals surface area contributed by atoms with E-state index in [1.807, 2.05) is 0 Å². The van der Waals surface area contributed by atoms with Gasteiger partial charge < -0.3 is 16.5 Å². The monoisotopic (exact) mass is 190 g/mol. The average molecular weight is 190 g/mol. The second kappa shape index (κ2) is 7.60. The van der Waals surface area contributed by atoms with Crippen LogP contribution < -0.4 is 0 Å². The van der Waals surface area contributed by atoms with Crippen molar-refractivity contribution in [2.75, 3.05) is 13.7 Å². The number of hydrogen-bond donors (Lipinski definition) is 0. The zero-order valence-corrected chi connectivity index (χ0v) is 7.85. The fourth-order valence-corrected chi connectivity index (χ4v) is 0.216. The van der Waals surface area contributed by atoms with E-state index in [-0.39, 0.29) is 38.5 Å². The van der Waals surface area contributed by atoms with Crippen LogP contribution in [-0.4, -0.2) is 19.5 Å². The van der Waals surface area contributed by atoms with E-state index >= 15 is 0 Å². The number of ether oxygens (including phenoxy) is 1. The molecule has 42 valence electrons. The van der Waals surface area contributed by atoms with Crippen LogP contribution >= 0.6 is 0 Å². The quantitative estimate of drug-likeness (QED) is 0.603. The molecule has 0 aromatic heterocycles. The minimum absolute atomic E-state index is 0. The molecule has 0 rings (SSSR count). The van der Waals surface area contributed by atoms with Crippen molar-refractivity contribution in [2.45, 2.75) is 6.42 Å². The van der Waals surface area contributed by atoms with E-state index in [1.54, 1.807) is 7.11 Å². The predicted octanol–water partition coefficient (Wildman–Crippen LogP) is 0.424. The van der Waals surface area contributed by atoms with Gasteiger partial charge in [0.25, 0.3) is 0 Å². The van der Waals surface area contributed by atoms with E-state index in [0.717, 1.165) is 0 Å². The van der Waals surface area contributed by atoms with Crippen molar-refractivity contribution >= 4 is 5.78 Å². The molecule has 0 aromatic carbocycles. The van der Waals surface area contributed by atoms with Crippen molar-refractivity contribution < 1.29 is 42.2 Å². The molecule has 0 saturated heterocycles. The maximum absolute atomic E-state index is 10.0. The smallest absolute Gasteiger partial charge is 0.384 e. The normalized spacial score (nSPS) is 7.62. The van der Waals surface area contributed by atoms with E-state index in [2.05, 4.69) is 11.7 Å². The Kier molecular flexibility index (Phi) is 10.8. The van der Waals surface area contributed by atoms with Gasteiger partial charge in [0.2, 0.25) is 0 Å². The summed E-state index contributed by atoms with van der Waals surface area (Å²) in [4.78, 5) is 10.0. The van der Waals surface area contributed by atoms with E-state index in [0.29, 0.717) is 13.0 Å². The zero-order chi connectivity index (χ0) is 5.70. The topological polar surface area (TPSA) is 26.3 Å². The van der Waals surface area contributed by atoms with Gasteiger partial charge in [0.05, 0.1) is 6.61 Å². The number of methoxy groups -OCH3 is 1. The summed E-state index contributed by atoms with van der Waals surface area (Å²) in [6.07, 6.45) is 0.427. The predicted molar refractivity (Wildman–Crippen MR) is 26.9 cm³/mol. The Balaban J connectivity index is 0. The van der Waals surface area contributed by atoms with Crippen LogP contribution in [0.25, 0.3) is 0 Å². The van der Waals surface area contributed by atoms with E-state index in [9.17, 15) is 4.79 Å². The molecule has 0 aliphatic heterocycles. The van der Waals surface area contributed by atoms with Gasteiger partial charge in [-0.2, -0.15) is 0 Å². The number of hydrogen-bond acceptors (Lipinski definition) is 2. The fourth-order valence-electron chi connectivity index (χ4n) is 0.216. The molecule has 0 aliphatic rings. The third kappa shape index (κ3) is 9.78. The van der Waals surface area contributed by atoms with Gasteiger partial charge in [-0.3, -0.25) is 0 Å². The van der Waals surface area contributed by atoms with Crippen LogP contribution in [0.5, 0.6) is 0 Å². The second-order valence-electron chi connectivity index (χ2n) is 1.28. The molecule has 0 bridgehead atoms. The number of carbonyl (C=O) groups is 1. The van der Waals surface area contributed by atoms with Gasteiger partial charge in [0, 0.05) is 13.5 Å². The summed E-state index contributed by atoms with van der Waals surface area (Å²) < 4.78 is 4.59. The molecule has 2 nitrogen and oxygen atoms in total. The maximum Gasteiger partial charge on any atom is 3.00 e. The number of Topliss-reactive ketones (excluding diaryl/α,β-unsaturated/α-hetero) is 1. The molecule has 0 radical (unpaired) electrons. The van der Waals surface area contributed by atoms with Crippen molar-refractivity contribution in [2.24, 2.45) is 0 Å². The van der Waals surface area contributed by atoms with Gasteiger partial charge in [0.15, 0.2) is 0 Å². The van der Waals surface area contributed by atoms with Crippen molar-refractivity contribution in [1.82, 2.24) is 0 Å². The van der Waals surface area contributed by atoms with Crippen LogP contribution in [0, 0.1) is 6.92 Å². The Morgan fingerprint density at radius 2 is 2.25 bits per heavy atom. The summed E-state index contributed by atoms with van der Waals surface area (Å²) in [5, 5.41) is 0. The molecule has 0 heterocycles. The Bertz CT molecular complexity index is 63.4. The van der Waals surface area contributed by atoms with Crippen molar-refractivity contribution in [1.29, 1.82) is 0 Å². The summed E-state index contributed by atoms with van der Waals surface area (Å²) in [7, 11) is 1.56. The molecule has 0 unspecified atom stereocenters. The average Bonchev–Trinajstić information content (AvgIpc) is 1.61. The van der Waals surface area contributed by atoms with Crippen LogP contribution in [0.1, 0.15) is 6.42 Å². The maximum atomic E-state index is 10.0. The second-order valence-corrected chi connectivity index (χ2v) is 1.28. The summed E-state index contributed by atoms with van der Waals surface area (Å²) in [5.41, 5.74) is 0. The standard InChI is InChI=1S/C5H9O2.Y/c1-5(6)3-4-7-2;/h1,3-4H2,2H3;/q-1;+3. The largest absolute Gasteiger partial charge is 3.00 e.